The molecule has 1 saturated carbocycles. The molecule has 1 heterocycles. The average Bonchev–Trinajstić information content (AvgIpc) is 2.28. The van der Waals surface area contributed by atoms with Crippen molar-refractivity contribution in [2.75, 3.05) is 22.9 Å². The normalized spacial score (nSPS) is 18.8. The van der Waals surface area contributed by atoms with E-state index >= 15 is 0 Å². The van der Waals surface area contributed by atoms with Crippen molar-refractivity contribution in [2.24, 2.45) is 5.92 Å². The highest BCUT2D eigenvalue weighted by Gasteiger charge is 2.19. The lowest BCUT2D eigenvalue weighted by Gasteiger charge is -2.27. The van der Waals surface area contributed by atoms with E-state index in [1.54, 1.807) is 0 Å². The Morgan fingerprint density at radius 1 is 1.33 bits per heavy atom. The summed E-state index contributed by atoms with van der Waals surface area (Å²) in [5.41, 5.74) is 9.83. The smallest absolute Gasteiger partial charge is 0.224 e. The highest BCUT2D eigenvalue weighted by Crippen LogP contribution is 2.32. The maximum absolute atomic E-state index is 11.4. The molecule has 4 N–H and O–H groups in total. The van der Waals surface area contributed by atoms with Crippen LogP contribution in [0.15, 0.2) is 12.1 Å². The second kappa shape index (κ2) is 4.52. The van der Waals surface area contributed by atoms with Crippen LogP contribution in [0.25, 0.3) is 0 Å². The van der Waals surface area contributed by atoms with Gasteiger partial charge in [0.25, 0.3) is 0 Å². The second-order valence-corrected chi connectivity index (χ2v) is 5.32. The summed E-state index contributed by atoms with van der Waals surface area (Å²) < 4.78 is 0. The van der Waals surface area contributed by atoms with Crippen LogP contribution in [0, 0.1) is 5.92 Å². The fourth-order valence-electron chi connectivity index (χ4n) is 2.55. The van der Waals surface area contributed by atoms with Gasteiger partial charge in [0.2, 0.25) is 5.91 Å². The molecular formula is C14H19N3O. The molecule has 0 radical (unpaired) electrons. The molecule has 0 saturated heterocycles. The third kappa shape index (κ3) is 2.15. The molecule has 1 aliphatic carbocycles. The summed E-state index contributed by atoms with van der Waals surface area (Å²) in [4.78, 5) is 11.4. The molecule has 1 fully saturated rings. The van der Waals surface area contributed by atoms with Gasteiger partial charge in [0.15, 0.2) is 0 Å². The number of nitrogens with one attached hydrogen (secondary N) is 2. The molecule has 0 bridgehead atoms. The zero-order valence-corrected chi connectivity index (χ0v) is 10.5. The summed E-state index contributed by atoms with van der Waals surface area (Å²) in [6.45, 7) is 0.983. The van der Waals surface area contributed by atoms with Crippen molar-refractivity contribution in [3.63, 3.8) is 0 Å². The number of nitrogen functional groups attached to an aromatic ring is 1. The number of nitrogens with two attached hydrogens (primary N) is 1. The first kappa shape index (κ1) is 11.4. The molecular weight excluding hydrogens is 226 g/mol. The molecule has 18 heavy (non-hydrogen) atoms. The van der Waals surface area contributed by atoms with Crippen molar-refractivity contribution in [2.45, 2.75) is 32.1 Å². The Labute approximate surface area is 107 Å². The standard InChI is InChI=1S/C14H19N3O/c15-11-6-10-4-5-14(18)17-12(10)7-13(11)16-8-9-2-1-3-9/h6-7,9,16H,1-5,8,15H2,(H,17,18). The van der Waals surface area contributed by atoms with E-state index in [0.717, 1.165) is 41.5 Å². The van der Waals surface area contributed by atoms with Crippen molar-refractivity contribution in [3.05, 3.63) is 17.7 Å². The average molecular weight is 245 g/mol. The van der Waals surface area contributed by atoms with Gasteiger partial charge in [-0.25, -0.2) is 0 Å². The van der Waals surface area contributed by atoms with Crippen molar-refractivity contribution >= 4 is 23.0 Å². The maximum atomic E-state index is 11.4. The highest BCUT2D eigenvalue weighted by atomic mass is 16.1. The number of amides is 1. The van der Waals surface area contributed by atoms with E-state index in [9.17, 15) is 4.79 Å². The van der Waals surface area contributed by atoms with Crippen LogP contribution in [0.3, 0.4) is 0 Å². The van der Waals surface area contributed by atoms with Crippen LogP contribution in [0.4, 0.5) is 17.1 Å². The minimum Gasteiger partial charge on any atom is -0.397 e. The molecule has 4 heteroatoms. The van der Waals surface area contributed by atoms with E-state index in [-0.39, 0.29) is 5.91 Å². The lowest BCUT2D eigenvalue weighted by Crippen LogP contribution is -2.22. The van der Waals surface area contributed by atoms with Gasteiger partial charge in [0, 0.05) is 18.7 Å². The summed E-state index contributed by atoms with van der Waals surface area (Å²) in [6.07, 6.45) is 5.32. The van der Waals surface area contributed by atoms with Gasteiger partial charge in [-0.05, 0) is 42.9 Å². The van der Waals surface area contributed by atoms with Gasteiger partial charge in [0.1, 0.15) is 0 Å². The van der Waals surface area contributed by atoms with Crippen LogP contribution < -0.4 is 16.4 Å². The Balaban J connectivity index is 1.76. The van der Waals surface area contributed by atoms with Crippen molar-refractivity contribution in [1.82, 2.24) is 0 Å². The Hall–Kier alpha value is -1.71. The van der Waals surface area contributed by atoms with Crippen LogP contribution in [-0.4, -0.2) is 12.5 Å². The number of fused-ring (bicyclic) bond motifs is 1. The summed E-state index contributed by atoms with van der Waals surface area (Å²) >= 11 is 0. The predicted octanol–water partition coefficient (Wildman–Crippen LogP) is 2.37. The van der Waals surface area contributed by atoms with Gasteiger partial charge in [-0.15, -0.1) is 0 Å². The van der Waals surface area contributed by atoms with Crippen LogP contribution in [-0.2, 0) is 11.2 Å². The fraction of sp³-hybridized carbons (Fsp3) is 0.500. The number of benzene rings is 1. The zero-order chi connectivity index (χ0) is 12.5. The predicted molar refractivity (Wildman–Crippen MR) is 73.6 cm³/mol. The number of hydrogen-bond donors (Lipinski definition) is 3. The Kier molecular flexibility index (Phi) is 2.86. The van der Waals surface area contributed by atoms with E-state index in [1.165, 1.54) is 19.3 Å². The van der Waals surface area contributed by atoms with E-state index in [2.05, 4.69) is 10.6 Å². The van der Waals surface area contributed by atoms with E-state index in [1.807, 2.05) is 12.1 Å². The number of aryl methyl sites for hydroxylation is 1. The molecule has 0 atom stereocenters. The third-order valence-electron chi connectivity index (χ3n) is 3.98. The zero-order valence-electron chi connectivity index (χ0n) is 10.5. The molecule has 1 aromatic carbocycles. The molecule has 0 spiro atoms. The molecule has 4 nitrogen and oxygen atoms in total. The first-order valence-corrected chi connectivity index (χ1v) is 6.68. The molecule has 3 rings (SSSR count). The fourth-order valence-corrected chi connectivity index (χ4v) is 2.55. The lowest BCUT2D eigenvalue weighted by molar-refractivity contribution is -0.116. The lowest BCUT2D eigenvalue weighted by atomic mass is 9.85. The Bertz CT molecular complexity index is 480. The largest absolute Gasteiger partial charge is 0.397 e. The van der Waals surface area contributed by atoms with Crippen molar-refractivity contribution < 1.29 is 4.79 Å². The van der Waals surface area contributed by atoms with Crippen molar-refractivity contribution in [3.8, 4) is 0 Å². The molecule has 1 aliphatic heterocycles. The van der Waals surface area contributed by atoms with Gasteiger partial charge in [0.05, 0.1) is 11.4 Å². The van der Waals surface area contributed by atoms with Crippen LogP contribution in [0.1, 0.15) is 31.2 Å². The minimum absolute atomic E-state index is 0.0946. The first-order valence-electron chi connectivity index (χ1n) is 6.68. The maximum Gasteiger partial charge on any atom is 0.224 e. The van der Waals surface area contributed by atoms with Gasteiger partial charge in [-0.1, -0.05) is 6.42 Å². The minimum atomic E-state index is 0.0946. The monoisotopic (exact) mass is 245 g/mol. The van der Waals surface area contributed by atoms with Gasteiger partial charge in [-0.3, -0.25) is 4.79 Å². The summed E-state index contributed by atoms with van der Waals surface area (Å²) in [6, 6.07) is 3.96. The summed E-state index contributed by atoms with van der Waals surface area (Å²) in [5.74, 6) is 0.882. The number of anilines is 3. The quantitative estimate of drug-likeness (QED) is 0.716. The molecule has 0 aromatic heterocycles. The van der Waals surface area contributed by atoms with Gasteiger partial charge >= 0.3 is 0 Å². The molecule has 2 aliphatic rings. The van der Waals surface area contributed by atoms with E-state index in [0.29, 0.717) is 6.42 Å². The topological polar surface area (TPSA) is 67.2 Å². The third-order valence-corrected chi connectivity index (χ3v) is 3.98. The highest BCUT2D eigenvalue weighted by molar-refractivity contribution is 5.95. The van der Waals surface area contributed by atoms with Crippen LogP contribution >= 0.6 is 0 Å². The number of carbonyl (C=O) groups excluding carboxylic acids is 1. The Morgan fingerprint density at radius 2 is 2.17 bits per heavy atom. The Morgan fingerprint density at radius 3 is 2.89 bits per heavy atom. The molecule has 96 valence electrons. The van der Waals surface area contributed by atoms with Gasteiger partial charge in [-0.2, -0.15) is 0 Å². The number of rotatable bonds is 3. The van der Waals surface area contributed by atoms with Gasteiger partial charge < -0.3 is 16.4 Å². The summed E-state index contributed by atoms with van der Waals surface area (Å²) in [7, 11) is 0. The van der Waals surface area contributed by atoms with Crippen LogP contribution in [0.2, 0.25) is 0 Å². The summed E-state index contributed by atoms with van der Waals surface area (Å²) in [5, 5.41) is 6.31. The van der Waals surface area contributed by atoms with Crippen molar-refractivity contribution in [1.29, 1.82) is 0 Å². The number of carbonyl (C=O) groups is 1. The first-order chi connectivity index (χ1) is 8.72. The molecule has 0 unspecified atom stereocenters. The van der Waals surface area contributed by atoms with E-state index in [4.69, 9.17) is 5.73 Å². The second-order valence-electron chi connectivity index (χ2n) is 5.32. The SMILES string of the molecule is Nc1cc2c(cc1NCC1CCC1)NC(=O)CC2. The molecule has 1 aromatic rings. The molecule has 1 amide bonds. The van der Waals surface area contributed by atoms with E-state index < -0.39 is 0 Å². The number of hydrogen-bond acceptors (Lipinski definition) is 3. The van der Waals surface area contributed by atoms with Crippen LogP contribution in [0.5, 0.6) is 0 Å².